The predicted molar refractivity (Wildman–Crippen MR) is 132 cm³/mol. The molecule has 0 aliphatic carbocycles. The van der Waals surface area contributed by atoms with Gasteiger partial charge < -0.3 is 9.73 Å². The van der Waals surface area contributed by atoms with E-state index in [0.717, 1.165) is 0 Å². The summed E-state index contributed by atoms with van der Waals surface area (Å²) in [5.41, 5.74) is 0.329. The minimum atomic E-state index is -4.20. The quantitative estimate of drug-likeness (QED) is 0.408. The number of hydrogen-bond donors (Lipinski definition) is 1. The second kappa shape index (κ2) is 10.4. The Morgan fingerprint density at radius 1 is 1.09 bits per heavy atom. The number of carbonyl (C=O) groups excluding carboxylic acids is 2. The number of aromatic nitrogens is 1. The number of nitrogens with zero attached hydrogens (tertiary/aromatic N) is 2. The number of oxazole rings is 1. The zero-order valence-corrected chi connectivity index (χ0v) is 20.8. The molecule has 8 nitrogen and oxygen atoms in total. The highest BCUT2D eigenvalue weighted by Gasteiger charge is 2.49. The molecule has 0 spiro atoms. The van der Waals surface area contributed by atoms with Crippen LogP contribution < -0.4 is 9.62 Å². The van der Waals surface area contributed by atoms with Gasteiger partial charge in [-0.15, -0.1) is 0 Å². The second-order valence-electron chi connectivity index (χ2n) is 8.91. The first-order valence-corrected chi connectivity index (χ1v) is 12.8. The van der Waals surface area contributed by atoms with Crippen LogP contribution in [0.15, 0.2) is 59.0 Å². The Morgan fingerprint density at radius 2 is 1.74 bits per heavy atom. The van der Waals surface area contributed by atoms with Crippen LogP contribution in [0.1, 0.15) is 51.2 Å². The molecule has 0 fully saturated rings. The fourth-order valence-corrected chi connectivity index (χ4v) is 6.41. The lowest BCUT2D eigenvalue weighted by atomic mass is 9.83. The van der Waals surface area contributed by atoms with Crippen LogP contribution in [-0.4, -0.2) is 43.4 Å². The van der Waals surface area contributed by atoms with Crippen molar-refractivity contribution in [1.82, 2.24) is 10.3 Å². The molecule has 3 aromatic rings. The normalized spacial score (nSPS) is 12.9. The van der Waals surface area contributed by atoms with Gasteiger partial charge in [-0.1, -0.05) is 51.1 Å². The standard InChI is InChI=1S/C25H31N3O5S/c1-5-17-28(19-11-7-6-8-12-19)34(31,32)23(25(3,4)15-16-26-18(2)29)22(30)24-27-20-13-9-10-14-21(20)33-24/h6-14,23H,5,15-17H2,1-4H3,(H,26,29)/t23-/m1/s1. The molecule has 2 aromatic carbocycles. The molecule has 0 unspecified atom stereocenters. The molecule has 0 radical (unpaired) electrons. The largest absolute Gasteiger partial charge is 0.434 e. The van der Waals surface area contributed by atoms with E-state index in [-0.39, 0.29) is 31.3 Å². The van der Waals surface area contributed by atoms with E-state index in [2.05, 4.69) is 10.3 Å². The second-order valence-corrected chi connectivity index (χ2v) is 10.8. The highest BCUT2D eigenvalue weighted by atomic mass is 32.2. The van der Waals surface area contributed by atoms with Crippen LogP contribution in [0, 0.1) is 5.41 Å². The van der Waals surface area contributed by atoms with Gasteiger partial charge in [0, 0.05) is 20.0 Å². The summed E-state index contributed by atoms with van der Waals surface area (Å²) < 4.78 is 35.3. The minimum Gasteiger partial charge on any atom is -0.434 e. The molecule has 1 N–H and O–H groups in total. The molecular formula is C25H31N3O5S. The van der Waals surface area contributed by atoms with Crippen LogP contribution in [0.3, 0.4) is 0 Å². The first-order valence-electron chi connectivity index (χ1n) is 11.3. The Labute approximate surface area is 200 Å². The summed E-state index contributed by atoms with van der Waals surface area (Å²) in [7, 11) is -4.20. The Hall–Kier alpha value is -3.20. The number of anilines is 1. The third-order valence-corrected chi connectivity index (χ3v) is 8.13. The van der Waals surface area contributed by atoms with Crippen molar-refractivity contribution < 1.29 is 22.4 Å². The van der Waals surface area contributed by atoms with Crippen LogP contribution in [0.5, 0.6) is 0 Å². The van der Waals surface area contributed by atoms with Gasteiger partial charge in [-0.3, -0.25) is 13.9 Å². The summed E-state index contributed by atoms with van der Waals surface area (Å²) in [4.78, 5) is 29.5. The van der Waals surface area contributed by atoms with Gasteiger partial charge in [0.25, 0.3) is 5.89 Å². The average molecular weight is 486 g/mol. The number of Topliss-reactive ketones (excluding diaryl/α,β-unsaturated/α-hetero) is 1. The monoisotopic (exact) mass is 485 g/mol. The van der Waals surface area contributed by atoms with E-state index >= 15 is 0 Å². The van der Waals surface area contributed by atoms with E-state index < -0.39 is 26.5 Å². The summed E-state index contributed by atoms with van der Waals surface area (Å²) in [6.45, 7) is 7.15. The van der Waals surface area contributed by atoms with Gasteiger partial charge in [0.2, 0.25) is 21.7 Å². The molecule has 0 bridgehead atoms. The van der Waals surface area contributed by atoms with Crippen LogP contribution in [0.2, 0.25) is 0 Å². The number of sulfonamides is 1. The van der Waals surface area contributed by atoms with Crippen LogP contribution >= 0.6 is 0 Å². The van der Waals surface area contributed by atoms with E-state index in [0.29, 0.717) is 23.2 Å². The maximum atomic E-state index is 14.1. The zero-order valence-electron chi connectivity index (χ0n) is 19.9. The minimum absolute atomic E-state index is 0.214. The van der Waals surface area contributed by atoms with Crippen LogP contribution in [-0.2, 0) is 14.8 Å². The van der Waals surface area contributed by atoms with Gasteiger partial charge in [-0.25, -0.2) is 13.4 Å². The SMILES string of the molecule is CCCN(c1ccccc1)S(=O)(=O)[C@H](C(=O)c1nc2ccccc2o1)C(C)(C)CCNC(C)=O. The zero-order chi connectivity index (χ0) is 24.9. The molecule has 1 atom stereocenters. The summed E-state index contributed by atoms with van der Waals surface area (Å²) in [5, 5.41) is 1.22. The van der Waals surface area contributed by atoms with Crippen LogP contribution in [0.4, 0.5) is 5.69 Å². The molecule has 0 saturated heterocycles. The van der Waals surface area contributed by atoms with E-state index in [1.54, 1.807) is 68.4 Å². The van der Waals surface area contributed by atoms with E-state index in [1.807, 2.05) is 6.92 Å². The third-order valence-electron chi connectivity index (χ3n) is 5.67. The number of fused-ring (bicyclic) bond motifs is 1. The molecule has 0 aliphatic rings. The van der Waals surface area contributed by atoms with Crippen molar-refractivity contribution in [2.45, 2.75) is 45.8 Å². The van der Waals surface area contributed by atoms with Crippen molar-refractivity contribution in [3.63, 3.8) is 0 Å². The first-order chi connectivity index (χ1) is 16.1. The number of nitrogens with one attached hydrogen (secondary N) is 1. The average Bonchev–Trinajstić information content (AvgIpc) is 3.21. The van der Waals surface area contributed by atoms with Crippen molar-refractivity contribution >= 4 is 38.5 Å². The van der Waals surface area contributed by atoms with Gasteiger partial charge >= 0.3 is 0 Å². The summed E-state index contributed by atoms with van der Waals surface area (Å²) in [6, 6.07) is 15.6. The van der Waals surface area contributed by atoms with Crippen LogP contribution in [0.25, 0.3) is 11.1 Å². The molecule has 1 amide bonds. The molecule has 1 heterocycles. The molecular weight excluding hydrogens is 454 g/mol. The highest BCUT2D eigenvalue weighted by Crippen LogP contribution is 2.36. The Balaban J connectivity index is 2.10. The van der Waals surface area contributed by atoms with Crippen molar-refractivity contribution in [1.29, 1.82) is 0 Å². The molecule has 182 valence electrons. The lowest BCUT2D eigenvalue weighted by Crippen LogP contribution is -2.51. The number of amides is 1. The topological polar surface area (TPSA) is 110 Å². The van der Waals surface area contributed by atoms with Crippen molar-refractivity contribution in [3.8, 4) is 0 Å². The lowest BCUT2D eigenvalue weighted by molar-refractivity contribution is -0.119. The number of carbonyl (C=O) groups is 2. The third kappa shape index (κ3) is 5.47. The summed E-state index contributed by atoms with van der Waals surface area (Å²) in [5.74, 6) is -1.18. The van der Waals surface area contributed by atoms with Crippen molar-refractivity contribution in [2.24, 2.45) is 5.41 Å². The fourth-order valence-electron chi connectivity index (χ4n) is 4.00. The summed E-state index contributed by atoms with van der Waals surface area (Å²) in [6.07, 6.45) is 0.821. The van der Waals surface area contributed by atoms with E-state index in [9.17, 15) is 18.0 Å². The Bertz CT molecular complexity index is 1220. The van der Waals surface area contributed by atoms with Crippen molar-refractivity contribution in [2.75, 3.05) is 17.4 Å². The molecule has 3 rings (SSSR count). The van der Waals surface area contributed by atoms with Gasteiger partial charge in [-0.05, 0) is 42.5 Å². The van der Waals surface area contributed by atoms with E-state index in [4.69, 9.17) is 4.42 Å². The fraction of sp³-hybridized carbons (Fsp3) is 0.400. The Kier molecular flexibility index (Phi) is 7.76. The van der Waals surface area contributed by atoms with Gasteiger partial charge in [0.05, 0.1) is 5.69 Å². The smallest absolute Gasteiger partial charge is 0.265 e. The van der Waals surface area contributed by atoms with Gasteiger partial charge in [0.1, 0.15) is 5.52 Å². The number of hydrogen-bond acceptors (Lipinski definition) is 6. The molecule has 34 heavy (non-hydrogen) atoms. The van der Waals surface area contributed by atoms with Gasteiger partial charge in [-0.2, -0.15) is 0 Å². The molecule has 0 saturated carbocycles. The summed E-state index contributed by atoms with van der Waals surface area (Å²) >= 11 is 0. The lowest BCUT2D eigenvalue weighted by Gasteiger charge is -2.36. The maximum absolute atomic E-state index is 14.1. The van der Waals surface area contributed by atoms with E-state index in [1.165, 1.54) is 11.2 Å². The predicted octanol–water partition coefficient (Wildman–Crippen LogP) is 4.18. The number of para-hydroxylation sites is 3. The molecule has 9 heteroatoms. The molecule has 0 aliphatic heterocycles. The number of ketones is 1. The van der Waals surface area contributed by atoms with Gasteiger partial charge in [0.15, 0.2) is 10.8 Å². The number of benzene rings is 2. The molecule has 1 aromatic heterocycles. The Morgan fingerprint density at radius 3 is 2.35 bits per heavy atom. The maximum Gasteiger partial charge on any atom is 0.265 e. The first kappa shape index (κ1) is 25.4. The highest BCUT2D eigenvalue weighted by molar-refractivity contribution is 7.94. The number of rotatable bonds is 11. The van der Waals surface area contributed by atoms with Crippen molar-refractivity contribution in [3.05, 3.63) is 60.5 Å².